The second-order valence-corrected chi connectivity index (χ2v) is 8.07. The van der Waals surface area contributed by atoms with E-state index >= 15 is 0 Å². The van der Waals surface area contributed by atoms with E-state index in [1.54, 1.807) is 11.4 Å². The molecule has 0 saturated carbocycles. The quantitative estimate of drug-likeness (QED) is 0.904. The van der Waals surface area contributed by atoms with E-state index in [1.165, 1.54) is 11.3 Å². The SMILES string of the molecule is CCN1CCC(NS(=O)(=O)c2sccc2Br)CC1. The van der Waals surface area contributed by atoms with Crippen molar-refractivity contribution in [2.75, 3.05) is 19.6 Å². The van der Waals surface area contributed by atoms with Crippen molar-refractivity contribution in [3.63, 3.8) is 0 Å². The van der Waals surface area contributed by atoms with E-state index in [0.717, 1.165) is 32.5 Å². The van der Waals surface area contributed by atoms with Crippen LogP contribution in [-0.4, -0.2) is 39.0 Å². The minimum absolute atomic E-state index is 0.0619. The van der Waals surface area contributed by atoms with Crippen LogP contribution in [0.15, 0.2) is 20.1 Å². The van der Waals surface area contributed by atoms with E-state index < -0.39 is 10.0 Å². The number of nitrogens with one attached hydrogen (secondary N) is 1. The standard InChI is InChI=1S/C11H17BrN2O2S2/c1-2-14-6-3-9(4-7-14)13-18(15,16)11-10(12)5-8-17-11/h5,8-9,13H,2-4,6-7H2,1H3. The van der Waals surface area contributed by atoms with Crippen LogP contribution in [0.5, 0.6) is 0 Å². The number of hydrogen-bond donors (Lipinski definition) is 1. The van der Waals surface area contributed by atoms with Crippen molar-refractivity contribution in [1.82, 2.24) is 9.62 Å². The highest BCUT2D eigenvalue weighted by Gasteiger charge is 2.26. The maximum Gasteiger partial charge on any atom is 0.251 e. The molecule has 0 spiro atoms. The van der Waals surface area contributed by atoms with Gasteiger partial charge in [-0.05, 0) is 59.9 Å². The van der Waals surface area contributed by atoms with Gasteiger partial charge in [-0.3, -0.25) is 0 Å². The maximum atomic E-state index is 12.2. The Balaban J connectivity index is 2.00. The molecule has 0 bridgehead atoms. The highest BCUT2D eigenvalue weighted by Crippen LogP contribution is 2.28. The molecule has 0 radical (unpaired) electrons. The summed E-state index contributed by atoms with van der Waals surface area (Å²) >= 11 is 4.51. The van der Waals surface area contributed by atoms with Crippen LogP contribution in [-0.2, 0) is 10.0 Å². The molecule has 102 valence electrons. The second-order valence-electron chi connectivity index (χ2n) is 4.39. The molecule has 1 aromatic rings. The lowest BCUT2D eigenvalue weighted by Crippen LogP contribution is -2.44. The zero-order valence-corrected chi connectivity index (χ0v) is 13.4. The Morgan fingerprint density at radius 1 is 1.50 bits per heavy atom. The highest BCUT2D eigenvalue weighted by atomic mass is 79.9. The molecule has 7 heteroatoms. The smallest absolute Gasteiger partial charge is 0.251 e. The van der Waals surface area contributed by atoms with E-state index in [1.807, 2.05) is 0 Å². The number of piperidine rings is 1. The number of likely N-dealkylation sites (tertiary alicyclic amines) is 1. The van der Waals surface area contributed by atoms with Crippen LogP contribution in [0.3, 0.4) is 0 Å². The molecule has 1 aliphatic rings. The average Bonchev–Trinajstić information content (AvgIpc) is 2.77. The molecule has 18 heavy (non-hydrogen) atoms. The van der Waals surface area contributed by atoms with Gasteiger partial charge in [-0.1, -0.05) is 6.92 Å². The molecule has 1 saturated heterocycles. The Bertz CT molecular complexity index is 493. The molecule has 1 N–H and O–H groups in total. The molecule has 1 aliphatic heterocycles. The number of thiophene rings is 1. The molecule has 4 nitrogen and oxygen atoms in total. The molecular weight excluding hydrogens is 336 g/mol. The number of halogens is 1. The summed E-state index contributed by atoms with van der Waals surface area (Å²) < 4.78 is 28.2. The number of sulfonamides is 1. The Labute approximate surface area is 121 Å². The van der Waals surface area contributed by atoms with Gasteiger partial charge in [0.15, 0.2) is 0 Å². The van der Waals surface area contributed by atoms with Crippen molar-refractivity contribution in [2.45, 2.75) is 30.0 Å². The summed E-state index contributed by atoms with van der Waals surface area (Å²) in [4.78, 5) is 2.34. The normalized spacial score (nSPS) is 19.2. The number of hydrogen-bond acceptors (Lipinski definition) is 4. The van der Waals surface area contributed by atoms with Crippen LogP contribution < -0.4 is 4.72 Å². The van der Waals surface area contributed by atoms with E-state index in [2.05, 4.69) is 32.5 Å². The van der Waals surface area contributed by atoms with Gasteiger partial charge in [0, 0.05) is 10.5 Å². The lowest BCUT2D eigenvalue weighted by Gasteiger charge is -2.31. The fourth-order valence-corrected chi connectivity index (χ4v) is 5.77. The van der Waals surface area contributed by atoms with E-state index in [4.69, 9.17) is 0 Å². The average molecular weight is 353 g/mol. The van der Waals surface area contributed by atoms with Gasteiger partial charge < -0.3 is 4.90 Å². The van der Waals surface area contributed by atoms with E-state index in [9.17, 15) is 8.42 Å². The van der Waals surface area contributed by atoms with Gasteiger partial charge >= 0.3 is 0 Å². The first kappa shape index (κ1) is 14.5. The fourth-order valence-electron chi connectivity index (χ4n) is 2.11. The minimum Gasteiger partial charge on any atom is -0.303 e. The van der Waals surface area contributed by atoms with Gasteiger partial charge in [0.05, 0.1) is 0 Å². The van der Waals surface area contributed by atoms with E-state index in [-0.39, 0.29) is 6.04 Å². The molecular formula is C11H17BrN2O2S2. The molecule has 0 aromatic carbocycles. The molecule has 2 heterocycles. The van der Waals surface area contributed by atoms with Gasteiger partial charge in [-0.25, -0.2) is 13.1 Å². The Morgan fingerprint density at radius 2 is 2.17 bits per heavy atom. The summed E-state index contributed by atoms with van der Waals surface area (Å²) in [6, 6.07) is 1.82. The highest BCUT2D eigenvalue weighted by molar-refractivity contribution is 9.10. The molecule has 2 rings (SSSR count). The van der Waals surface area contributed by atoms with Crippen molar-refractivity contribution in [3.8, 4) is 0 Å². The third kappa shape index (κ3) is 3.33. The molecule has 0 amide bonds. The molecule has 1 aromatic heterocycles. The number of rotatable bonds is 4. The monoisotopic (exact) mass is 352 g/mol. The predicted molar refractivity (Wildman–Crippen MR) is 77.5 cm³/mol. The summed E-state index contributed by atoms with van der Waals surface area (Å²) in [7, 11) is -3.37. The molecule has 0 unspecified atom stereocenters. The summed E-state index contributed by atoms with van der Waals surface area (Å²) in [6.45, 7) is 5.10. The van der Waals surface area contributed by atoms with Gasteiger partial charge in [-0.15, -0.1) is 11.3 Å². The predicted octanol–water partition coefficient (Wildman–Crippen LogP) is 2.27. The number of nitrogens with zero attached hydrogens (tertiary/aromatic N) is 1. The van der Waals surface area contributed by atoms with Crippen molar-refractivity contribution < 1.29 is 8.42 Å². The molecule has 0 aliphatic carbocycles. The Morgan fingerprint density at radius 3 is 2.67 bits per heavy atom. The fraction of sp³-hybridized carbons (Fsp3) is 0.636. The van der Waals surface area contributed by atoms with Crippen molar-refractivity contribution >= 4 is 37.3 Å². The molecule has 0 atom stereocenters. The topological polar surface area (TPSA) is 49.4 Å². The van der Waals surface area contributed by atoms with E-state index in [0.29, 0.717) is 8.68 Å². The second kappa shape index (κ2) is 6.00. The zero-order chi connectivity index (χ0) is 13.2. The van der Waals surface area contributed by atoms with Gasteiger partial charge in [-0.2, -0.15) is 0 Å². The van der Waals surface area contributed by atoms with Crippen LogP contribution in [0.1, 0.15) is 19.8 Å². The first-order valence-corrected chi connectivity index (χ1v) is 9.16. The van der Waals surface area contributed by atoms with Crippen LogP contribution in [0, 0.1) is 0 Å². The van der Waals surface area contributed by atoms with Crippen molar-refractivity contribution in [3.05, 3.63) is 15.9 Å². The first-order chi connectivity index (χ1) is 8.53. The van der Waals surface area contributed by atoms with Gasteiger partial charge in [0.1, 0.15) is 4.21 Å². The van der Waals surface area contributed by atoms with Crippen LogP contribution >= 0.6 is 27.3 Å². The minimum atomic E-state index is -3.37. The largest absolute Gasteiger partial charge is 0.303 e. The third-order valence-corrected chi connectivity index (χ3v) is 7.38. The summed E-state index contributed by atoms with van der Waals surface area (Å²) in [5.74, 6) is 0. The Hall–Kier alpha value is 0.0500. The lowest BCUT2D eigenvalue weighted by atomic mass is 10.1. The Kier molecular flexibility index (Phi) is 4.82. The summed E-state index contributed by atoms with van der Waals surface area (Å²) in [6.07, 6.45) is 1.77. The van der Waals surface area contributed by atoms with Crippen LogP contribution in [0.2, 0.25) is 0 Å². The van der Waals surface area contributed by atoms with Crippen molar-refractivity contribution in [1.29, 1.82) is 0 Å². The zero-order valence-electron chi connectivity index (χ0n) is 10.2. The van der Waals surface area contributed by atoms with Crippen LogP contribution in [0.4, 0.5) is 0 Å². The third-order valence-electron chi connectivity index (χ3n) is 3.19. The first-order valence-electron chi connectivity index (χ1n) is 6.00. The van der Waals surface area contributed by atoms with Crippen LogP contribution in [0.25, 0.3) is 0 Å². The summed E-state index contributed by atoms with van der Waals surface area (Å²) in [5.41, 5.74) is 0. The van der Waals surface area contributed by atoms with Gasteiger partial charge in [0.2, 0.25) is 0 Å². The maximum absolute atomic E-state index is 12.2. The molecule has 1 fully saturated rings. The summed E-state index contributed by atoms with van der Waals surface area (Å²) in [5, 5.41) is 1.78. The van der Waals surface area contributed by atoms with Gasteiger partial charge in [0.25, 0.3) is 10.0 Å². The van der Waals surface area contributed by atoms with Crippen molar-refractivity contribution in [2.24, 2.45) is 0 Å². The lowest BCUT2D eigenvalue weighted by molar-refractivity contribution is 0.217.